The monoisotopic (exact) mass is 401 g/mol. The van der Waals surface area contributed by atoms with Crippen molar-refractivity contribution in [1.82, 2.24) is 9.47 Å². The summed E-state index contributed by atoms with van der Waals surface area (Å²) in [6.07, 6.45) is 1.25. The van der Waals surface area contributed by atoms with Gasteiger partial charge in [-0.25, -0.2) is 4.99 Å². The fourth-order valence-corrected chi connectivity index (χ4v) is 4.05. The number of nitrogens with zero attached hydrogens (tertiary/aromatic N) is 3. The Morgan fingerprint density at radius 1 is 1.10 bits per heavy atom. The second-order valence-corrected chi connectivity index (χ2v) is 7.54. The topological polar surface area (TPSA) is 37.6 Å². The van der Waals surface area contributed by atoms with Crippen molar-refractivity contribution in [3.63, 3.8) is 0 Å². The third-order valence-corrected chi connectivity index (χ3v) is 5.50. The van der Waals surface area contributed by atoms with Gasteiger partial charge >= 0.3 is 6.18 Å². The van der Waals surface area contributed by atoms with Gasteiger partial charge in [-0.05, 0) is 62.6 Å². The number of benzene rings is 1. The molecule has 0 spiro atoms. The van der Waals surface area contributed by atoms with E-state index in [-0.39, 0.29) is 5.91 Å². The van der Waals surface area contributed by atoms with E-state index in [4.69, 9.17) is 0 Å². The van der Waals surface area contributed by atoms with Crippen LogP contribution in [0.4, 0.5) is 13.2 Å². The maximum absolute atomic E-state index is 13.1. The number of amidine groups is 1. The smallest absolute Gasteiger partial charge is 0.318 e. The van der Waals surface area contributed by atoms with Crippen molar-refractivity contribution in [2.24, 2.45) is 4.99 Å². The number of aryl methyl sites for hydroxylation is 1. The minimum absolute atomic E-state index is 0.0919. The fourth-order valence-electron chi connectivity index (χ4n) is 4.05. The number of aromatic nitrogens is 1. The SMILES string of the molecule is Cc1cc(C=C2N=C3CCCCCN3C2=O)c(C)n1-c1cccc(C(F)(F)F)c1. The van der Waals surface area contributed by atoms with Gasteiger partial charge < -0.3 is 4.57 Å². The molecule has 1 aromatic carbocycles. The van der Waals surface area contributed by atoms with Crippen LogP contribution < -0.4 is 0 Å². The number of aliphatic imine (C=N–C) groups is 1. The summed E-state index contributed by atoms with van der Waals surface area (Å²) in [6.45, 7) is 4.37. The average molecular weight is 401 g/mol. The third kappa shape index (κ3) is 3.61. The van der Waals surface area contributed by atoms with Crippen LogP contribution in [0.15, 0.2) is 41.0 Å². The lowest BCUT2D eigenvalue weighted by molar-refractivity contribution is -0.137. The van der Waals surface area contributed by atoms with Gasteiger partial charge in [0.1, 0.15) is 11.5 Å². The molecule has 1 aromatic heterocycles. The first-order valence-corrected chi connectivity index (χ1v) is 9.73. The van der Waals surface area contributed by atoms with Gasteiger partial charge in [0.05, 0.1) is 5.56 Å². The lowest BCUT2D eigenvalue weighted by Crippen LogP contribution is -2.31. The molecule has 2 aliphatic heterocycles. The van der Waals surface area contributed by atoms with Crippen LogP contribution in [0.2, 0.25) is 0 Å². The highest BCUT2D eigenvalue weighted by Crippen LogP contribution is 2.32. The molecule has 7 heteroatoms. The Kier molecular flexibility index (Phi) is 4.84. The van der Waals surface area contributed by atoms with E-state index < -0.39 is 11.7 Å². The van der Waals surface area contributed by atoms with Crippen LogP contribution in [-0.4, -0.2) is 27.8 Å². The zero-order chi connectivity index (χ0) is 20.8. The molecule has 1 fully saturated rings. The summed E-state index contributed by atoms with van der Waals surface area (Å²) in [5.74, 6) is 0.733. The predicted molar refractivity (Wildman–Crippen MR) is 106 cm³/mol. The quantitative estimate of drug-likeness (QED) is 0.632. The van der Waals surface area contributed by atoms with Crippen LogP contribution in [0.5, 0.6) is 0 Å². The van der Waals surface area contributed by atoms with Crippen molar-refractivity contribution in [2.45, 2.75) is 45.7 Å². The first kappa shape index (κ1) is 19.5. The Morgan fingerprint density at radius 3 is 2.66 bits per heavy atom. The van der Waals surface area contributed by atoms with Crippen molar-refractivity contribution in [3.05, 3.63) is 58.5 Å². The Bertz CT molecular complexity index is 1030. The zero-order valence-electron chi connectivity index (χ0n) is 16.4. The molecule has 1 amide bonds. The van der Waals surface area contributed by atoms with E-state index in [1.807, 2.05) is 19.9 Å². The van der Waals surface area contributed by atoms with E-state index in [1.54, 1.807) is 21.6 Å². The molecule has 29 heavy (non-hydrogen) atoms. The van der Waals surface area contributed by atoms with Crippen molar-refractivity contribution in [1.29, 1.82) is 0 Å². The van der Waals surface area contributed by atoms with Crippen LogP contribution in [0.25, 0.3) is 11.8 Å². The Balaban J connectivity index is 1.72. The van der Waals surface area contributed by atoms with Gasteiger partial charge in [-0.1, -0.05) is 12.5 Å². The van der Waals surface area contributed by atoms with E-state index in [2.05, 4.69) is 4.99 Å². The van der Waals surface area contributed by atoms with E-state index in [0.29, 0.717) is 17.9 Å². The lowest BCUT2D eigenvalue weighted by atomic mass is 10.2. The van der Waals surface area contributed by atoms with Crippen LogP contribution in [-0.2, 0) is 11.0 Å². The summed E-state index contributed by atoms with van der Waals surface area (Å²) < 4.78 is 41.1. The van der Waals surface area contributed by atoms with Gasteiger partial charge in [-0.15, -0.1) is 0 Å². The first-order valence-electron chi connectivity index (χ1n) is 9.73. The third-order valence-electron chi connectivity index (χ3n) is 5.50. The van der Waals surface area contributed by atoms with Gasteiger partial charge in [0, 0.05) is 30.0 Å². The molecule has 152 valence electrons. The number of fused-ring (bicyclic) bond motifs is 1. The fraction of sp³-hybridized carbons (Fsp3) is 0.364. The number of carbonyl (C=O) groups excluding carboxylic acids is 1. The molecule has 0 aliphatic carbocycles. The van der Waals surface area contributed by atoms with Crippen LogP contribution >= 0.6 is 0 Å². The Morgan fingerprint density at radius 2 is 1.90 bits per heavy atom. The van der Waals surface area contributed by atoms with E-state index >= 15 is 0 Å². The lowest BCUT2D eigenvalue weighted by Gasteiger charge is -2.14. The Hall–Kier alpha value is -2.83. The number of alkyl halides is 3. The van der Waals surface area contributed by atoms with Crippen molar-refractivity contribution in [3.8, 4) is 5.69 Å². The molecule has 0 unspecified atom stereocenters. The molecular formula is C22H22F3N3O. The predicted octanol–water partition coefficient (Wildman–Crippen LogP) is 5.27. The zero-order valence-corrected chi connectivity index (χ0v) is 16.4. The number of amides is 1. The second-order valence-electron chi connectivity index (χ2n) is 7.54. The Labute approximate surface area is 167 Å². The maximum Gasteiger partial charge on any atom is 0.416 e. The largest absolute Gasteiger partial charge is 0.416 e. The van der Waals surface area contributed by atoms with Gasteiger partial charge in [-0.3, -0.25) is 9.69 Å². The molecule has 0 bridgehead atoms. The summed E-state index contributed by atoms with van der Waals surface area (Å²) in [6, 6.07) is 7.13. The highest BCUT2D eigenvalue weighted by atomic mass is 19.4. The van der Waals surface area contributed by atoms with Crippen LogP contribution in [0, 0.1) is 13.8 Å². The highest BCUT2D eigenvalue weighted by Gasteiger charge is 2.32. The maximum atomic E-state index is 13.1. The molecule has 4 rings (SSSR count). The van der Waals surface area contributed by atoms with Crippen LogP contribution in [0.1, 0.15) is 48.2 Å². The van der Waals surface area contributed by atoms with E-state index in [0.717, 1.165) is 60.6 Å². The van der Waals surface area contributed by atoms with Gasteiger partial charge in [0.15, 0.2) is 0 Å². The number of rotatable bonds is 2. The van der Waals surface area contributed by atoms with Crippen molar-refractivity contribution < 1.29 is 18.0 Å². The summed E-state index contributed by atoms with van der Waals surface area (Å²) in [7, 11) is 0. The van der Waals surface area contributed by atoms with Gasteiger partial charge in [0.25, 0.3) is 5.91 Å². The molecule has 1 saturated heterocycles. The number of hydrogen-bond acceptors (Lipinski definition) is 2. The van der Waals surface area contributed by atoms with Gasteiger partial charge in [-0.2, -0.15) is 13.2 Å². The van der Waals surface area contributed by atoms with Crippen molar-refractivity contribution >= 4 is 17.8 Å². The normalized spacial score (nSPS) is 18.8. The van der Waals surface area contributed by atoms with E-state index in [1.165, 1.54) is 6.07 Å². The highest BCUT2D eigenvalue weighted by molar-refractivity contribution is 6.14. The van der Waals surface area contributed by atoms with Crippen molar-refractivity contribution in [2.75, 3.05) is 6.54 Å². The molecule has 0 saturated carbocycles. The number of halogens is 3. The molecule has 0 atom stereocenters. The molecule has 2 aliphatic rings. The molecule has 3 heterocycles. The summed E-state index contributed by atoms with van der Waals surface area (Å²) >= 11 is 0. The minimum atomic E-state index is -4.40. The first-order chi connectivity index (χ1) is 13.8. The molecule has 4 nitrogen and oxygen atoms in total. The molecular weight excluding hydrogens is 379 g/mol. The summed E-state index contributed by atoms with van der Waals surface area (Å²) in [4.78, 5) is 19.0. The minimum Gasteiger partial charge on any atom is -0.318 e. The number of carbonyl (C=O) groups is 1. The summed E-state index contributed by atoms with van der Waals surface area (Å²) in [5, 5.41) is 0. The molecule has 0 N–H and O–H groups in total. The second kappa shape index (κ2) is 7.21. The molecule has 2 aromatic rings. The van der Waals surface area contributed by atoms with Crippen LogP contribution in [0.3, 0.4) is 0 Å². The summed E-state index contributed by atoms with van der Waals surface area (Å²) in [5.41, 5.74) is 2.49. The number of hydrogen-bond donors (Lipinski definition) is 0. The molecule has 0 radical (unpaired) electrons. The van der Waals surface area contributed by atoms with E-state index in [9.17, 15) is 18.0 Å². The standard InChI is InChI=1S/C22H22F3N3O/c1-14-11-16(12-19-21(29)27-10-5-3-4-9-20(27)26-19)15(2)28(14)18-8-6-7-17(13-18)22(23,24)25/h6-8,11-13H,3-5,9-10H2,1-2H3. The van der Waals surface area contributed by atoms with Gasteiger partial charge in [0.2, 0.25) is 0 Å². The average Bonchev–Trinajstić information content (AvgIpc) is 2.99.